The van der Waals surface area contributed by atoms with E-state index in [2.05, 4.69) is 10.1 Å². The molecule has 0 amide bonds. The molecule has 2 aromatic carbocycles. The minimum Gasteiger partial charge on any atom is -0.478 e. The number of alkyl halides is 3. The number of rotatable bonds is 8. The Labute approximate surface area is 143 Å². The van der Waals surface area contributed by atoms with Gasteiger partial charge < -0.3 is 15.2 Å². The number of hydrogen-bond donors (Lipinski definition) is 2. The molecule has 2 N–H and O–H groups in total. The molecule has 0 spiro atoms. The Bertz CT molecular complexity index is 699. The Kier molecular flexibility index (Phi) is 6.55. The van der Waals surface area contributed by atoms with Crippen LogP contribution in [0.1, 0.15) is 27.0 Å². The molecule has 0 aliphatic heterocycles. The maximum absolute atomic E-state index is 12.0. The fourth-order valence-corrected chi connectivity index (χ4v) is 2.20. The maximum Gasteiger partial charge on any atom is 0.411 e. The fourth-order valence-electron chi connectivity index (χ4n) is 2.20. The first-order valence-corrected chi connectivity index (χ1v) is 7.59. The van der Waals surface area contributed by atoms with Crippen molar-refractivity contribution in [2.75, 3.05) is 6.61 Å². The van der Waals surface area contributed by atoms with Crippen LogP contribution in [0.5, 0.6) is 0 Å². The van der Waals surface area contributed by atoms with Crippen LogP contribution in [0.25, 0.3) is 0 Å². The highest BCUT2D eigenvalue weighted by Crippen LogP contribution is 2.16. The van der Waals surface area contributed by atoms with E-state index in [1.807, 2.05) is 18.2 Å². The van der Waals surface area contributed by atoms with Crippen LogP contribution in [-0.4, -0.2) is 23.9 Å². The largest absolute Gasteiger partial charge is 0.478 e. The van der Waals surface area contributed by atoms with Crippen LogP contribution in [0.15, 0.2) is 48.5 Å². The molecular formula is C18H18F3NO3. The SMILES string of the molecule is O=C(O)c1cccc(CNCc2ccc(COCC(F)(F)F)cc2)c1. The van der Waals surface area contributed by atoms with Crippen molar-refractivity contribution in [3.63, 3.8) is 0 Å². The summed E-state index contributed by atoms with van der Waals surface area (Å²) >= 11 is 0. The van der Waals surface area contributed by atoms with E-state index in [1.165, 1.54) is 6.07 Å². The third-order valence-electron chi connectivity index (χ3n) is 3.39. The molecule has 0 atom stereocenters. The van der Waals surface area contributed by atoms with Gasteiger partial charge in [-0.2, -0.15) is 13.2 Å². The average Bonchev–Trinajstić information content (AvgIpc) is 2.55. The number of carboxylic acid groups (broad SMARTS) is 1. The molecule has 134 valence electrons. The van der Waals surface area contributed by atoms with Crippen LogP contribution in [0.3, 0.4) is 0 Å². The second kappa shape index (κ2) is 8.64. The monoisotopic (exact) mass is 353 g/mol. The highest BCUT2D eigenvalue weighted by Gasteiger charge is 2.27. The van der Waals surface area contributed by atoms with E-state index in [1.54, 1.807) is 24.3 Å². The van der Waals surface area contributed by atoms with Gasteiger partial charge in [0, 0.05) is 13.1 Å². The minimum atomic E-state index is -4.32. The lowest BCUT2D eigenvalue weighted by Gasteiger charge is -2.09. The van der Waals surface area contributed by atoms with Gasteiger partial charge in [0.05, 0.1) is 12.2 Å². The Morgan fingerprint density at radius 3 is 2.28 bits per heavy atom. The van der Waals surface area contributed by atoms with Crippen LogP contribution in [-0.2, 0) is 24.4 Å². The maximum atomic E-state index is 12.0. The van der Waals surface area contributed by atoms with Gasteiger partial charge in [-0.05, 0) is 28.8 Å². The number of aromatic carboxylic acids is 1. The zero-order valence-electron chi connectivity index (χ0n) is 13.3. The van der Waals surface area contributed by atoms with Gasteiger partial charge >= 0.3 is 12.1 Å². The van der Waals surface area contributed by atoms with Crippen molar-refractivity contribution < 1.29 is 27.8 Å². The van der Waals surface area contributed by atoms with Crippen molar-refractivity contribution in [1.29, 1.82) is 0 Å². The molecule has 2 rings (SSSR count). The summed E-state index contributed by atoms with van der Waals surface area (Å²) in [6, 6.07) is 13.7. The van der Waals surface area contributed by atoms with Crippen LogP contribution in [0.2, 0.25) is 0 Å². The summed E-state index contributed by atoms with van der Waals surface area (Å²) in [6.45, 7) is -0.278. The van der Waals surface area contributed by atoms with Crippen LogP contribution < -0.4 is 5.32 Å². The van der Waals surface area contributed by atoms with E-state index < -0.39 is 18.8 Å². The summed E-state index contributed by atoms with van der Waals surface area (Å²) in [5.41, 5.74) is 2.73. The van der Waals surface area contributed by atoms with Crippen molar-refractivity contribution in [3.8, 4) is 0 Å². The molecule has 0 aliphatic rings. The average molecular weight is 353 g/mol. The van der Waals surface area contributed by atoms with Crippen LogP contribution in [0, 0.1) is 0 Å². The minimum absolute atomic E-state index is 0.0881. The topological polar surface area (TPSA) is 58.6 Å². The fraction of sp³-hybridized carbons (Fsp3) is 0.278. The molecular weight excluding hydrogens is 335 g/mol. The predicted octanol–water partition coefficient (Wildman–Crippen LogP) is 3.75. The van der Waals surface area contributed by atoms with Crippen molar-refractivity contribution in [2.24, 2.45) is 0 Å². The van der Waals surface area contributed by atoms with E-state index in [0.717, 1.165) is 11.1 Å². The summed E-state index contributed by atoms with van der Waals surface area (Å²) in [7, 11) is 0. The van der Waals surface area contributed by atoms with Crippen molar-refractivity contribution >= 4 is 5.97 Å². The molecule has 0 radical (unpaired) electrons. The van der Waals surface area contributed by atoms with Gasteiger partial charge in [0.15, 0.2) is 0 Å². The summed E-state index contributed by atoms with van der Waals surface area (Å²) in [6.07, 6.45) is -4.32. The first-order valence-electron chi connectivity index (χ1n) is 7.59. The van der Waals surface area contributed by atoms with Gasteiger partial charge in [-0.15, -0.1) is 0 Å². The smallest absolute Gasteiger partial charge is 0.411 e. The van der Waals surface area contributed by atoms with E-state index in [9.17, 15) is 18.0 Å². The molecule has 0 aliphatic carbocycles. The number of ether oxygens (including phenoxy) is 1. The lowest BCUT2D eigenvalue weighted by molar-refractivity contribution is -0.176. The number of hydrogen-bond acceptors (Lipinski definition) is 3. The van der Waals surface area contributed by atoms with Gasteiger partial charge in [-0.25, -0.2) is 4.79 Å². The molecule has 25 heavy (non-hydrogen) atoms. The Morgan fingerprint density at radius 2 is 1.64 bits per heavy atom. The van der Waals surface area contributed by atoms with Gasteiger partial charge in [-0.3, -0.25) is 0 Å². The summed E-state index contributed by atoms with van der Waals surface area (Å²) in [5.74, 6) is -0.967. The number of carbonyl (C=O) groups is 1. The van der Waals surface area contributed by atoms with Crippen LogP contribution in [0.4, 0.5) is 13.2 Å². The lowest BCUT2D eigenvalue weighted by atomic mass is 10.1. The summed E-state index contributed by atoms with van der Waals surface area (Å²) in [4.78, 5) is 10.9. The van der Waals surface area contributed by atoms with Gasteiger partial charge in [0.2, 0.25) is 0 Å². The highest BCUT2D eigenvalue weighted by atomic mass is 19.4. The number of nitrogens with one attached hydrogen (secondary N) is 1. The molecule has 0 aromatic heterocycles. The molecule has 4 nitrogen and oxygen atoms in total. The Hall–Kier alpha value is -2.38. The quantitative estimate of drug-likeness (QED) is 0.759. The van der Waals surface area contributed by atoms with E-state index >= 15 is 0 Å². The second-order valence-electron chi connectivity index (χ2n) is 5.53. The standard InChI is InChI=1S/C18H18F3NO3/c19-18(20,21)12-25-11-14-6-4-13(5-7-14)9-22-10-15-2-1-3-16(8-15)17(23)24/h1-8,22H,9-12H2,(H,23,24). The second-order valence-corrected chi connectivity index (χ2v) is 5.53. The zero-order chi connectivity index (χ0) is 18.3. The van der Waals surface area contributed by atoms with E-state index in [4.69, 9.17) is 5.11 Å². The molecule has 2 aromatic rings. The molecule has 0 heterocycles. The van der Waals surface area contributed by atoms with Gasteiger partial charge in [0.25, 0.3) is 0 Å². The van der Waals surface area contributed by atoms with Crippen molar-refractivity contribution in [1.82, 2.24) is 5.32 Å². The summed E-state index contributed by atoms with van der Waals surface area (Å²) in [5, 5.41) is 12.1. The van der Waals surface area contributed by atoms with Gasteiger partial charge in [-0.1, -0.05) is 36.4 Å². The predicted molar refractivity (Wildman–Crippen MR) is 86.1 cm³/mol. The molecule has 7 heteroatoms. The van der Waals surface area contributed by atoms with E-state index in [0.29, 0.717) is 18.7 Å². The van der Waals surface area contributed by atoms with Crippen molar-refractivity contribution in [2.45, 2.75) is 25.9 Å². The molecule has 0 saturated carbocycles. The lowest BCUT2D eigenvalue weighted by Crippen LogP contribution is -2.16. The molecule has 0 bridgehead atoms. The molecule has 0 saturated heterocycles. The normalized spacial score (nSPS) is 11.5. The Morgan fingerprint density at radius 1 is 1.00 bits per heavy atom. The first kappa shape index (κ1) is 19.0. The third kappa shape index (κ3) is 6.94. The zero-order valence-corrected chi connectivity index (χ0v) is 13.3. The van der Waals surface area contributed by atoms with Crippen LogP contribution >= 0.6 is 0 Å². The summed E-state index contributed by atoms with van der Waals surface area (Å²) < 4.78 is 40.6. The highest BCUT2D eigenvalue weighted by molar-refractivity contribution is 5.87. The molecule has 0 fully saturated rings. The number of halogens is 3. The number of benzene rings is 2. The first-order chi connectivity index (χ1) is 11.8. The Balaban J connectivity index is 1.78. The third-order valence-corrected chi connectivity index (χ3v) is 3.39. The van der Waals surface area contributed by atoms with E-state index in [-0.39, 0.29) is 12.2 Å². The van der Waals surface area contributed by atoms with Gasteiger partial charge in [0.1, 0.15) is 6.61 Å². The van der Waals surface area contributed by atoms with Crippen molar-refractivity contribution in [3.05, 3.63) is 70.8 Å². The number of carboxylic acids is 1. The molecule has 0 unspecified atom stereocenters.